The summed E-state index contributed by atoms with van der Waals surface area (Å²) in [6, 6.07) is 0. The van der Waals surface area contributed by atoms with Crippen molar-refractivity contribution in [3.05, 3.63) is 0 Å². The Balaban J connectivity index is 2.16. The Hall–Kier alpha value is 0.0969. The molecule has 0 bridgehead atoms. The van der Waals surface area contributed by atoms with Gasteiger partial charge in [-0.05, 0) is 67.6 Å². The van der Waals surface area contributed by atoms with Gasteiger partial charge >= 0.3 is 8.80 Å². The van der Waals surface area contributed by atoms with Gasteiger partial charge in [0.1, 0.15) is 0 Å². The van der Waals surface area contributed by atoms with Crippen LogP contribution in [0.25, 0.3) is 0 Å². The molecular weight excluding hydrogens is 364 g/mol. The number of rotatable bonds is 9. The first-order valence-electron chi connectivity index (χ1n) is 12.1. The zero-order chi connectivity index (χ0) is 20.9. The van der Waals surface area contributed by atoms with Crippen LogP contribution in [0.5, 0.6) is 0 Å². The van der Waals surface area contributed by atoms with E-state index in [-0.39, 0.29) is 12.2 Å². The van der Waals surface area contributed by atoms with E-state index in [1.54, 1.807) is 0 Å². The van der Waals surface area contributed by atoms with Crippen molar-refractivity contribution in [3.63, 3.8) is 0 Å². The van der Waals surface area contributed by atoms with Crippen LogP contribution < -0.4 is 0 Å². The number of hydrogen-bond acceptors (Lipinski definition) is 3. The van der Waals surface area contributed by atoms with Crippen LogP contribution in [0.4, 0.5) is 0 Å². The van der Waals surface area contributed by atoms with Crippen LogP contribution in [0, 0.1) is 35.5 Å². The normalized spacial score (nSPS) is 36.6. The Bertz CT molecular complexity index is 419. The van der Waals surface area contributed by atoms with E-state index in [9.17, 15) is 0 Å². The third-order valence-electron chi connectivity index (χ3n) is 7.22. The average molecular weight is 413 g/mol. The highest BCUT2D eigenvalue weighted by Crippen LogP contribution is 2.40. The summed E-state index contributed by atoms with van der Waals surface area (Å²) in [5.41, 5.74) is 0. The van der Waals surface area contributed by atoms with Crippen LogP contribution in [0.15, 0.2) is 0 Å². The summed E-state index contributed by atoms with van der Waals surface area (Å²) < 4.78 is 20.2. The van der Waals surface area contributed by atoms with Crippen molar-refractivity contribution < 1.29 is 13.3 Å². The maximum Gasteiger partial charge on any atom is 0.498 e. The molecule has 0 radical (unpaired) electrons. The van der Waals surface area contributed by atoms with Crippen molar-refractivity contribution in [2.24, 2.45) is 35.5 Å². The lowest BCUT2D eigenvalue weighted by atomic mass is 9.75. The lowest BCUT2D eigenvalue weighted by molar-refractivity contribution is -0.0644. The van der Waals surface area contributed by atoms with Crippen LogP contribution in [-0.4, -0.2) is 27.6 Å². The summed E-state index contributed by atoms with van der Waals surface area (Å²) in [5, 5.41) is 0. The summed E-state index contributed by atoms with van der Waals surface area (Å²) in [4.78, 5) is 0. The zero-order valence-electron chi connectivity index (χ0n) is 20.0. The molecular formula is C24H48O3Si. The molecule has 0 saturated heterocycles. The fourth-order valence-electron chi connectivity index (χ4n) is 5.43. The predicted molar refractivity (Wildman–Crippen MR) is 120 cm³/mol. The highest BCUT2D eigenvalue weighted by atomic mass is 28.4. The molecule has 0 heterocycles. The van der Waals surface area contributed by atoms with Gasteiger partial charge in [0.05, 0.1) is 12.2 Å². The van der Waals surface area contributed by atoms with E-state index in [1.807, 2.05) is 0 Å². The second-order valence-corrected chi connectivity index (χ2v) is 13.2. The van der Waals surface area contributed by atoms with Crippen LogP contribution >= 0.6 is 0 Å². The maximum atomic E-state index is 6.89. The summed E-state index contributed by atoms with van der Waals surface area (Å²) >= 11 is 0. The molecule has 4 heteroatoms. The highest BCUT2D eigenvalue weighted by molar-refractivity contribution is 6.59. The van der Waals surface area contributed by atoms with Crippen molar-refractivity contribution >= 4 is 8.80 Å². The van der Waals surface area contributed by atoms with Crippen molar-refractivity contribution in [1.29, 1.82) is 0 Å². The molecule has 2 rings (SSSR count). The molecule has 28 heavy (non-hydrogen) atoms. The van der Waals surface area contributed by atoms with Gasteiger partial charge in [-0.2, -0.15) is 0 Å². The SMILES string of the molecule is CCCO[Si](C)(OC1CC(C)CCC1C(C)C)OC1CC(C)CCC1C(C)C. The Kier molecular flexibility index (Phi) is 9.51. The second kappa shape index (κ2) is 10.9. The third-order valence-corrected chi connectivity index (χ3v) is 9.41. The average Bonchev–Trinajstić information content (AvgIpc) is 2.59. The lowest BCUT2D eigenvalue weighted by Gasteiger charge is -2.44. The first-order chi connectivity index (χ1) is 13.1. The van der Waals surface area contributed by atoms with Crippen molar-refractivity contribution in [2.45, 2.75) is 112 Å². The third kappa shape index (κ3) is 6.82. The number of hydrogen-bond donors (Lipinski definition) is 0. The highest BCUT2D eigenvalue weighted by Gasteiger charge is 2.46. The van der Waals surface area contributed by atoms with E-state index >= 15 is 0 Å². The van der Waals surface area contributed by atoms with E-state index < -0.39 is 8.80 Å². The minimum Gasteiger partial charge on any atom is -0.374 e. The topological polar surface area (TPSA) is 27.7 Å². The van der Waals surface area contributed by atoms with Crippen molar-refractivity contribution in [2.75, 3.05) is 6.61 Å². The largest absolute Gasteiger partial charge is 0.498 e. The fraction of sp³-hybridized carbons (Fsp3) is 1.00. The zero-order valence-corrected chi connectivity index (χ0v) is 21.0. The quantitative estimate of drug-likeness (QED) is 0.384. The molecule has 0 spiro atoms. The smallest absolute Gasteiger partial charge is 0.374 e. The van der Waals surface area contributed by atoms with Crippen LogP contribution in [-0.2, 0) is 13.3 Å². The monoisotopic (exact) mass is 412 g/mol. The van der Waals surface area contributed by atoms with E-state index in [0.29, 0.717) is 23.7 Å². The minimum absolute atomic E-state index is 0.288. The lowest BCUT2D eigenvalue weighted by Crippen LogP contribution is -2.53. The molecule has 2 fully saturated rings. The van der Waals surface area contributed by atoms with Gasteiger partial charge in [-0.15, -0.1) is 0 Å². The van der Waals surface area contributed by atoms with Crippen molar-refractivity contribution in [1.82, 2.24) is 0 Å². The van der Waals surface area contributed by atoms with Crippen LogP contribution in [0.1, 0.15) is 93.4 Å². The molecule has 0 aromatic heterocycles. The van der Waals surface area contributed by atoms with Crippen molar-refractivity contribution in [3.8, 4) is 0 Å². The Morgan fingerprint density at radius 2 is 1.21 bits per heavy atom. The van der Waals surface area contributed by atoms with Gasteiger partial charge < -0.3 is 13.3 Å². The van der Waals surface area contributed by atoms with E-state index in [1.165, 1.54) is 25.7 Å². The van der Waals surface area contributed by atoms with Gasteiger partial charge in [0.15, 0.2) is 0 Å². The van der Waals surface area contributed by atoms with Gasteiger partial charge in [-0.1, -0.05) is 61.3 Å². The van der Waals surface area contributed by atoms with E-state index in [0.717, 1.165) is 37.7 Å². The Labute approximate surface area is 176 Å². The minimum atomic E-state index is -2.68. The molecule has 0 aromatic rings. The first-order valence-corrected chi connectivity index (χ1v) is 14.4. The molecule has 0 N–H and O–H groups in total. The Morgan fingerprint density at radius 3 is 1.57 bits per heavy atom. The Morgan fingerprint density at radius 1 is 0.786 bits per heavy atom. The summed E-state index contributed by atoms with van der Waals surface area (Å²) in [6.45, 7) is 19.2. The van der Waals surface area contributed by atoms with Gasteiger partial charge in [0.25, 0.3) is 0 Å². The maximum absolute atomic E-state index is 6.89. The van der Waals surface area contributed by atoms with E-state index in [2.05, 4.69) is 55.0 Å². The molecule has 0 aromatic carbocycles. The molecule has 3 nitrogen and oxygen atoms in total. The molecule has 166 valence electrons. The molecule has 2 saturated carbocycles. The van der Waals surface area contributed by atoms with Gasteiger partial charge in [0.2, 0.25) is 0 Å². The standard InChI is InChI=1S/C24H48O3Si/c1-9-14-25-28(8,26-23-15-19(6)10-12-21(23)17(2)3)27-24-16-20(7)11-13-22(24)18(4)5/h17-24H,9-16H2,1-8H3. The molecule has 2 aliphatic rings. The summed E-state index contributed by atoms with van der Waals surface area (Å²) in [5.74, 6) is 4.04. The fourth-order valence-corrected chi connectivity index (χ4v) is 7.84. The predicted octanol–water partition coefficient (Wildman–Crippen LogP) is 6.94. The molecule has 0 amide bonds. The van der Waals surface area contributed by atoms with Gasteiger partial charge in [0, 0.05) is 13.2 Å². The first kappa shape index (κ1) is 24.4. The summed E-state index contributed by atoms with van der Waals surface area (Å²) in [6.07, 6.45) is 9.09. The van der Waals surface area contributed by atoms with Crippen LogP contribution in [0.3, 0.4) is 0 Å². The molecule has 6 atom stereocenters. The van der Waals surface area contributed by atoms with E-state index in [4.69, 9.17) is 13.3 Å². The molecule has 0 aliphatic heterocycles. The molecule has 2 aliphatic carbocycles. The van der Waals surface area contributed by atoms with Gasteiger partial charge in [-0.25, -0.2) is 0 Å². The van der Waals surface area contributed by atoms with Crippen LogP contribution in [0.2, 0.25) is 6.55 Å². The second-order valence-electron chi connectivity index (χ2n) is 10.7. The summed E-state index contributed by atoms with van der Waals surface area (Å²) in [7, 11) is -2.68. The molecule has 6 unspecified atom stereocenters. The van der Waals surface area contributed by atoms with Gasteiger partial charge in [-0.3, -0.25) is 0 Å².